The molecule has 0 aliphatic carbocycles. The van der Waals surface area contributed by atoms with Gasteiger partial charge in [0.25, 0.3) is 0 Å². The van der Waals surface area contributed by atoms with Crippen LogP contribution in [-0.4, -0.2) is 30.6 Å². The fourth-order valence-electron chi connectivity index (χ4n) is 3.63. The highest BCUT2D eigenvalue weighted by Crippen LogP contribution is 2.37. The summed E-state index contributed by atoms with van der Waals surface area (Å²) in [7, 11) is 0. The molecule has 2 atom stereocenters. The molecular weight excluding hydrogens is 288 g/mol. The van der Waals surface area contributed by atoms with Crippen molar-refractivity contribution in [1.29, 1.82) is 0 Å². The molecule has 1 N–H and O–H groups in total. The molecular formula is C16H19ClN2S. The Hall–Kier alpha value is -0.610. The zero-order chi connectivity index (χ0) is 13.5. The quantitative estimate of drug-likeness (QED) is 0.909. The first-order valence-corrected chi connectivity index (χ1v) is 8.62. The molecule has 0 spiro atoms. The third-order valence-corrected chi connectivity index (χ3v) is 6.34. The highest BCUT2D eigenvalue weighted by atomic mass is 35.5. The van der Waals surface area contributed by atoms with Gasteiger partial charge in [-0.15, -0.1) is 11.3 Å². The molecule has 0 saturated carbocycles. The number of hydrogen-bond donors (Lipinski definition) is 1. The average Bonchev–Trinajstić information content (AvgIpc) is 3.01. The first-order chi connectivity index (χ1) is 9.81. The van der Waals surface area contributed by atoms with Crippen LogP contribution in [0.2, 0.25) is 5.02 Å². The summed E-state index contributed by atoms with van der Waals surface area (Å²) in [5.41, 5.74) is 0. The molecule has 1 aromatic carbocycles. The minimum Gasteiger partial charge on any atom is -0.312 e. The molecule has 0 bridgehead atoms. The molecule has 2 saturated heterocycles. The number of halogens is 1. The van der Waals surface area contributed by atoms with E-state index >= 15 is 0 Å². The Bertz CT molecular complexity index is 610. The second-order valence-corrected chi connectivity index (χ2v) is 7.51. The second kappa shape index (κ2) is 5.30. The van der Waals surface area contributed by atoms with E-state index in [9.17, 15) is 0 Å². The van der Waals surface area contributed by atoms with Crippen LogP contribution in [0, 0.1) is 5.92 Å². The zero-order valence-electron chi connectivity index (χ0n) is 11.4. The molecule has 4 rings (SSSR count). The highest BCUT2D eigenvalue weighted by Gasteiger charge is 2.34. The Morgan fingerprint density at radius 3 is 3.05 bits per heavy atom. The maximum atomic E-state index is 6.56. The summed E-state index contributed by atoms with van der Waals surface area (Å²) in [6.07, 6.45) is 2.72. The molecule has 2 aliphatic heterocycles. The van der Waals surface area contributed by atoms with Crippen molar-refractivity contribution in [3.63, 3.8) is 0 Å². The molecule has 2 unspecified atom stereocenters. The number of piperidine rings is 1. The number of fused-ring (bicyclic) bond motifs is 2. The van der Waals surface area contributed by atoms with Gasteiger partial charge in [0, 0.05) is 40.6 Å². The maximum absolute atomic E-state index is 6.56. The average molecular weight is 307 g/mol. The molecule has 20 heavy (non-hydrogen) atoms. The van der Waals surface area contributed by atoms with E-state index < -0.39 is 0 Å². The molecule has 0 amide bonds. The normalized spacial score (nSPS) is 27.1. The summed E-state index contributed by atoms with van der Waals surface area (Å²) in [4.78, 5) is 3.90. The van der Waals surface area contributed by atoms with Crippen LogP contribution in [0.15, 0.2) is 24.3 Å². The van der Waals surface area contributed by atoms with Gasteiger partial charge in [0.1, 0.15) is 0 Å². The Morgan fingerprint density at radius 1 is 1.30 bits per heavy atom. The highest BCUT2D eigenvalue weighted by molar-refractivity contribution is 7.19. The molecule has 2 aromatic rings. The molecule has 2 fully saturated rings. The van der Waals surface area contributed by atoms with E-state index in [4.69, 9.17) is 11.6 Å². The van der Waals surface area contributed by atoms with Crippen molar-refractivity contribution >= 4 is 33.0 Å². The lowest BCUT2D eigenvalue weighted by atomic mass is 9.94. The van der Waals surface area contributed by atoms with Gasteiger partial charge in [-0.2, -0.15) is 0 Å². The first-order valence-electron chi connectivity index (χ1n) is 7.43. The summed E-state index contributed by atoms with van der Waals surface area (Å²) in [5, 5.41) is 5.84. The topological polar surface area (TPSA) is 15.3 Å². The second-order valence-electron chi connectivity index (χ2n) is 5.99. The molecule has 1 aromatic heterocycles. The van der Waals surface area contributed by atoms with Crippen molar-refractivity contribution in [2.45, 2.75) is 25.4 Å². The largest absolute Gasteiger partial charge is 0.312 e. The Balaban J connectivity index is 1.54. The SMILES string of the molecule is Clc1c(CN2CC3CCCNC3C2)sc2ccccc12. The zero-order valence-corrected chi connectivity index (χ0v) is 13.0. The van der Waals surface area contributed by atoms with E-state index in [-0.39, 0.29) is 0 Å². The minimum absolute atomic E-state index is 0.705. The lowest BCUT2D eigenvalue weighted by molar-refractivity contribution is 0.315. The number of rotatable bonds is 2. The van der Waals surface area contributed by atoms with Crippen molar-refractivity contribution < 1.29 is 0 Å². The van der Waals surface area contributed by atoms with E-state index in [0.717, 1.165) is 17.5 Å². The Labute approximate surface area is 128 Å². The van der Waals surface area contributed by atoms with Crippen molar-refractivity contribution in [1.82, 2.24) is 10.2 Å². The van der Waals surface area contributed by atoms with Crippen LogP contribution in [-0.2, 0) is 6.54 Å². The number of likely N-dealkylation sites (tertiary alicyclic amines) is 1. The van der Waals surface area contributed by atoms with E-state index in [2.05, 4.69) is 34.5 Å². The Kier molecular flexibility index (Phi) is 3.47. The van der Waals surface area contributed by atoms with Crippen molar-refractivity contribution in [2.75, 3.05) is 19.6 Å². The Morgan fingerprint density at radius 2 is 2.20 bits per heavy atom. The molecule has 0 radical (unpaired) electrons. The summed E-state index contributed by atoms with van der Waals surface area (Å²) in [6.45, 7) is 4.60. The van der Waals surface area contributed by atoms with E-state index in [0.29, 0.717) is 6.04 Å². The summed E-state index contributed by atoms with van der Waals surface area (Å²) in [6, 6.07) is 9.16. The van der Waals surface area contributed by atoms with Crippen LogP contribution >= 0.6 is 22.9 Å². The molecule has 106 valence electrons. The van der Waals surface area contributed by atoms with Gasteiger partial charge in [0.15, 0.2) is 0 Å². The van der Waals surface area contributed by atoms with Gasteiger partial charge >= 0.3 is 0 Å². The monoisotopic (exact) mass is 306 g/mol. The predicted octanol–water partition coefficient (Wildman–Crippen LogP) is 3.74. The van der Waals surface area contributed by atoms with Gasteiger partial charge in [0.2, 0.25) is 0 Å². The predicted molar refractivity (Wildman–Crippen MR) is 86.6 cm³/mol. The third-order valence-electron chi connectivity index (χ3n) is 4.64. The number of hydrogen-bond acceptors (Lipinski definition) is 3. The lowest BCUT2D eigenvalue weighted by Crippen LogP contribution is -2.40. The van der Waals surface area contributed by atoms with Gasteiger partial charge in [-0.05, 0) is 31.4 Å². The summed E-state index contributed by atoms with van der Waals surface area (Å²) in [5.74, 6) is 0.844. The number of thiophene rings is 1. The molecule has 2 nitrogen and oxygen atoms in total. The van der Waals surface area contributed by atoms with E-state index in [1.165, 1.54) is 47.4 Å². The standard InChI is InChI=1S/C16H19ClN2S/c17-16-12-5-1-2-6-14(12)20-15(16)10-19-8-11-4-3-7-18-13(11)9-19/h1-2,5-6,11,13,18H,3-4,7-10H2. The van der Waals surface area contributed by atoms with Crippen LogP contribution in [0.3, 0.4) is 0 Å². The van der Waals surface area contributed by atoms with Gasteiger partial charge < -0.3 is 5.32 Å². The van der Waals surface area contributed by atoms with Gasteiger partial charge in [-0.3, -0.25) is 4.90 Å². The van der Waals surface area contributed by atoms with Gasteiger partial charge in [-0.25, -0.2) is 0 Å². The fraction of sp³-hybridized carbons (Fsp3) is 0.500. The van der Waals surface area contributed by atoms with Crippen LogP contribution < -0.4 is 5.32 Å². The number of benzene rings is 1. The first kappa shape index (κ1) is 13.1. The van der Waals surface area contributed by atoms with Crippen LogP contribution in [0.4, 0.5) is 0 Å². The van der Waals surface area contributed by atoms with Crippen molar-refractivity contribution in [3.8, 4) is 0 Å². The molecule has 3 heterocycles. The van der Waals surface area contributed by atoms with Crippen LogP contribution in [0.1, 0.15) is 17.7 Å². The van der Waals surface area contributed by atoms with Crippen molar-refractivity contribution in [3.05, 3.63) is 34.2 Å². The number of nitrogens with one attached hydrogen (secondary N) is 1. The van der Waals surface area contributed by atoms with E-state index in [1.807, 2.05) is 11.3 Å². The number of nitrogens with zero attached hydrogens (tertiary/aromatic N) is 1. The molecule has 2 aliphatic rings. The smallest absolute Gasteiger partial charge is 0.0637 e. The van der Waals surface area contributed by atoms with Gasteiger partial charge in [-0.1, -0.05) is 29.8 Å². The summed E-state index contributed by atoms with van der Waals surface area (Å²) >= 11 is 8.41. The third kappa shape index (κ3) is 2.27. The van der Waals surface area contributed by atoms with Crippen LogP contribution in [0.25, 0.3) is 10.1 Å². The van der Waals surface area contributed by atoms with Gasteiger partial charge in [0.05, 0.1) is 5.02 Å². The lowest BCUT2D eigenvalue weighted by Gasteiger charge is -2.24. The van der Waals surface area contributed by atoms with E-state index in [1.54, 1.807) is 0 Å². The minimum atomic E-state index is 0.705. The molecule has 4 heteroatoms. The maximum Gasteiger partial charge on any atom is 0.0637 e. The van der Waals surface area contributed by atoms with Crippen LogP contribution in [0.5, 0.6) is 0 Å². The fourth-order valence-corrected chi connectivity index (χ4v) is 5.17. The van der Waals surface area contributed by atoms with Crippen molar-refractivity contribution in [2.24, 2.45) is 5.92 Å². The summed E-state index contributed by atoms with van der Waals surface area (Å²) < 4.78 is 1.31.